The SMILES string of the molecule is COc1nc2ccccc2cc1-c1cnc(C2CS(=O)(=O)CCN2C(=O)Cn2nc(C)c3ccccc3c2=O)[nH]1. The van der Waals surface area contributed by atoms with Gasteiger partial charge in [-0.25, -0.2) is 23.1 Å². The molecule has 1 fully saturated rings. The monoisotopic (exact) mass is 558 g/mol. The third-order valence-corrected chi connectivity index (χ3v) is 8.80. The van der Waals surface area contributed by atoms with Gasteiger partial charge in [0.15, 0.2) is 9.84 Å². The Hall–Kier alpha value is -4.58. The molecule has 4 heterocycles. The molecular formula is C28H26N6O5S. The summed E-state index contributed by atoms with van der Waals surface area (Å²) < 4.78 is 32.0. The number of nitrogens with zero attached hydrogens (tertiary/aromatic N) is 5. The standard InChI is InChI=1S/C28H26N6O5S/c1-17-19-8-4-5-9-20(19)28(36)34(32-17)15-25(35)33-11-12-40(37,38)16-24(33)26-29-14-23(30-26)21-13-18-7-3-6-10-22(18)31-27(21)39-2/h3-10,13-14,24H,11-12,15-16H2,1-2H3,(H,29,30). The number of H-pyrrole nitrogens is 1. The largest absolute Gasteiger partial charge is 0.480 e. The number of hydrogen-bond acceptors (Lipinski definition) is 8. The van der Waals surface area contributed by atoms with Gasteiger partial charge in [-0.3, -0.25) is 9.59 Å². The maximum Gasteiger partial charge on any atom is 0.275 e. The molecule has 5 aromatic rings. The molecule has 12 heteroatoms. The van der Waals surface area contributed by atoms with Crippen LogP contribution in [0.4, 0.5) is 0 Å². The number of rotatable bonds is 5. The summed E-state index contributed by atoms with van der Waals surface area (Å²) in [4.78, 5) is 40.3. The molecule has 0 radical (unpaired) electrons. The highest BCUT2D eigenvalue weighted by Crippen LogP contribution is 2.33. The van der Waals surface area contributed by atoms with Gasteiger partial charge in [-0.1, -0.05) is 36.4 Å². The number of benzene rings is 2. The van der Waals surface area contributed by atoms with Gasteiger partial charge < -0.3 is 14.6 Å². The molecular weight excluding hydrogens is 532 g/mol. The molecule has 1 atom stereocenters. The Bertz CT molecular complexity index is 1950. The fraction of sp³-hybridized carbons (Fsp3) is 0.250. The number of ether oxygens (including phenoxy) is 1. The van der Waals surface area contributed by atoms with Crippen LogP contribution in [-0.4, -0.2) is 69.1 Å². The van der Waals surface area contributed by atoms with Gasteiger partial charge in [0.1, 0.15) is 18.4 Å². The van der Waals surface area contributed by atoms with E-state index in [0.29, 0.717) is 34.0 Å². The summed E-state index contributed by atoms with van der Waals surface area (Å²) >= 11 is 0. The van der Waals surface area contributed by atoms with Crippen LogP contribution in [0.1, 0.15) is 17.6 Å². The average molecular weight is 559 g/mol. The Labute approximate surface area is 229 Å². The lowest BCUT2D eigenvalue weighted by Gasteiger charge is -2.34. The van der Waals surface area contributed by atoms with Crippen LogP contribution >= 0.6 is 0 Å². The lowest BCUT2D eigenvalue weighted by atomic mass is 10.1. The fourth-order valence-electron chi connectivity index (χ4n) is 5.15. The number of aromatic nitrogens is 5. The number of carbonyl (C=O) groups is 1. The number of carbonyl (C=O) groups excluding carboxylic acids is 1. The second-order valence-electron chi connectivity index (χ2n) is 9.73. The van der Waals surface area contributed by atoms with Crippen molar-refractivity contribution in [3.05, 3.63) is 82.7 Å². The third kappa shape index (κ3) is 4.60. The van der Waals surface area contributed by atoms with Crippen molar-refractivity contribution in [2.45, 2.75) is 19.5 Å². The summed E-state index contributed by atoms with van der Waals surface area (Å²) in [5.41, 5.74) is 2.23. The van der Waals surface area contributed by atoms with E-state index < -0.39 is 21.8 Å². The first kappa shape index (κ1) is 25.7. The maximum absolute atomic E-state index is 13.5. The lowest BCUT2D eigenvalue weighted by molar-refractivity contribution is -0.134. The van der Waals surface area contributed by atoms with Crippen molar-refractivity contribution in [2.24, 2.45) is 0 Å². The highest BCUT2D eigenvalue weighted by molar-refractivity contribution is 7.91. The number of fused-ring (bicyclic) bond motifs is 2. The number of aryl methyl sites for hydroxylation is 1. The van der Waals surface area contributed by atoms with Crippen molar-refractivity contribution in [2.75, 3.05) is 25.2 Å². The van der Waals surface area contributed by atoms with E-state index in [2.05, 4.69) is 20.1 Å². The highest BCUT2D eigenvalue weighted by atomic mass is 32.2. The third-order valence-electron chi connectivity index (χ3n) is 7.17. The van der Waals surface area contributed by atoms with Crippen LogP contribution < -0.4 is 10.3 Å². The zero-order chi connectivity index (χ0) is 28.0. The summed E-state index contributed by atoms with van der Waals surface area (Å²) in [5.74, 6) is -0.193. The number of pyridine rings is 1. The van der Waals surface area contributed by atoms with E-state index in [4.69, 9.17) is 4.74 Å². The molecule has 3 aromatic heterocycles. The van der Waals surface area contributed by atoms with Crippen LogP contribution in [0.5, 0.6) is 5.88 Å². The Morgan fingerprint density at radius 2 is 1.88 bits per heavy atom. The summed E-state index contributed by atoms with van der Waals surface area (Å²) in [7, 11) is -1.91. The smallest absolute Gasteiger partial charge is 0.275 e. The highest BCUT2D eigenvalue weighted by Gasteiger charge is 2.37. The number of aromatic amines is 1. The first-order valence-electron chi connectivity index (χ1n) is 12.7. The molecule has 0 bridgehead atoms. The van der Waals surface area contributed by atoms with Crippen LogP contribution in [0.3, 0.4) is 0 Å². The van der Waals surface area contributed by atoms with Crippen molar-refractivity contribution >= 4 is 37.4 Å². The van der Waals surface area contributed by atoms with Gasteiger partial charge >= 0.3 is 0 Å². The Morgan fingerprint density at radius 1 is 1.12 bits per heavy atom. The zero-order valence-electron chi connectivity index (χ0n) is 21.9. The number of para-hydroxylation sites is 1. The minimum absolute atomic E-state index is 0.0238. The van der Waals surface area contributed by atoms with E-state index in [1.54, 1.807) is 25.3 Å². The molecule has 11 nitrogen and oxygen atoms in total. The number of imidazole rings is 1. The molecule has 0 saturated carbocycles. The molecule has 1 unspecified atom stereocenters. The van der Waals surface area contributed by atoms with Gasteiger partial charge in [0.05, 0.1) is 52.7 Å². The summed E-state index contributed by atoms with van der Waals surface area (Å²) in [6.45, 7) is 1.43. The van der Waals surface area contributed by atoms with Gasteiger partial charge in [0.25, 0.3) is 5.56 Å². The van der Waals surface area contributed by atoms with Gasteiger partial charge in [0.2, 0.25) is 11.8 Å². The number of hydrogen-bond donors (Lipinski definition) is 1. The van der Waals surface area contributed by atoms with E-state index in [1.165, 1.54) is 12.0 Å². The molecule has 6 rings (SSSR count). The van der Waals surface area contributed by atoms with Crippen molar-refractivity contribution in [1.82, 2.24) is 29.6 Å². The molecule has 40 heavy (non-hydrogen) atoms. The van der Waals surface area contributed by atoms with E-state index >= 15 is 0 Å². The van der Waals surface area contributed by atoms with Gasteiger partial charge in [-0.05, 0) is 25.1 Å². The molecule has 1 aliphatic rings. The quantitative estimate of drug-likeness (QED) is 0.347. The topological polar surface area (TPSA) is 140 Å². The molecule has 1 amide bonds. The second kappa shape index (κ2) is 9.87. The van der Waals surface area contributed by atoms with Crippen molar-refractivity contribution < 1.29 is 17.9 Å². The lowest BCUT2D eigenvalue weighted by Crippen LogP contribution is -2.48. The fourth-order valence-corrected chi connectivity index (χ4v) is 6.61. The molecule has 1 N–H and O–H groups in total. The molecule has 1 aliphatic heterocycles. The molecule has 1 saturated heterocycles. The van der Waals surface area contributed by atoms with Crippen LogP contribution in [0.2, 0.25) is 0 Å². The van der Waals surface area contributed by atoms with Crippen LogP contribution in [0, 0.1) is 6.92 Å². The molecule has 2 aromatic carbocycles. The predicted molar refractivity (Wildman–Crippen MR) is 150 cm³/mol. The number of amides is 1. The minimum Gasteiger partial charge on any atom is -0.480 e. The predicted octanol–water partition coefficient (Wildman–Crippen LogP) is 2.65. The van der Waals surface area contributed by atoms with Crippen molar-refractivity contribution in [1.29, 1.82) is 0 Å². The molecule has 0 spiro atoms. The summed E-state index contributed by atoms with van der Waals surface area (Å²) in [5, 5.41) is 6.43. The van der Waals surface area contributed by atoms with Crippen LogP contribution in [0.25, 0.3) is 32.9 Å². The second-order valence-corrected chi connectivity index (χ2v) is 12.0. The number of sulfone groups is 1. The first-order valence-corrected chi connectivity index (χ1v) is 14.5. The number of methoxy groups -OCH3 is 1. The van der Waals surface area contributed by atoms with Crippen molar-refractivity contribution in [3.8, 4) is 17.1 Å². The van der Waals surface area contributed by atoms with Gasteiger partial charge in [-0.15, -0.1) is 0 Å². The van der Waals surface area contributed by atoms with E-state index in [9.17, 15) is 18.0 Å². The van der Waals surface area contributed by atoms with Gasteiger partial charge in [-0.2, -0.15) is 5.10 Å². The summed E-state index contributed by atoms with van der Waals surface area (Å²) in [6.07, 6.45) is 1.58. The Kier molecular flexibility index (Phi) is 6.34. The minimum atomic E-state index is -3.44. The zero-order valence-corrected chi connectivity index (χ0v) is 22.7. The Morgan fingerprint density at radius 3 is 2.67 bits per heavy atom. The normalized spacial score (nSPS) is 16.9. The van der Waals surface area contributed by atoms with Crippen molar-refractivity contribution in [3.63, 3.8) is 0 Å². The van der Waals surface area contributed by atoms with Crippen LogP contribution in [0.15, 0.2) is 65.6 Å². The Balaban J connectivity index is 1.35. The van der Waals surface area contributed by atoms with E-state index in [0.717, 1.165) is 21.0 Å². The molecule has 204 valence electrons. The maximum atomic E-state index is 13.5. The average Bonchev–Trinajstić information content (AvgIpc) is 3.44. The number of nitrogens with one attached hydrogen (secondary N) is 1. The van der Waals surface area contributed by atoms with E-state index in [-0.39, 0.29) is 30.2 Å². The van der Waals surface area contributed by atoms with E-state index in [1.807, 2.05) is 42.5 Å². The molecule has 0 aliphatic carbocycles. The van der Waals surface area contributed by atoms with Crippen LogP contribution in [-0.2, 0) is 21.2 Å². The first-order chi connectivity index (χ1) is 19.2. The summed E-state index contributed by atoms with van der Waals surface area (Å²) in [6, 6.07) is 15.8. The van der Waals surface area contributed by atoms with Gasteiger partial charge in [0, 0.05) is 17.3 Å².